The van der Waals surface area contributed by atoms with Crippen LogP contribution in [0.1, 0.15) is 5.56 Å². The van der Waals surface area contributed by atoms with E-state index in [4.69, 9.17) is 0 Å². The zero-order chi connectivity index (χ0) is 14.1. The lowest BCUT2D eigenvalue weighted by molar-refractivity contribution is 1.62. The number of benzene rings is 3. The van der Waals surface area contributed by atoms with Crippen molar-refractivity contribution in [3.63, 3.8) is 0 Å². The van der Waals surface area contributed by atoms with Gasteiger partial charge >= 0.3 is 0 Å². The van der Waals surface area contributed by atoms with Crippen LogP contribution in [0, 0.1) is 0 Å². The third-order valence-electron chi connectivity index (χ3n) is 3.85. The van der Waals surface area contributed by atoms with E-state index in [0.29, 0.717) is 0 Å². The SMILES string of the molecule is C1=CP(c2ccccc2)c2ccccc2-c2ccccc21. The number of rotatable bonds is 1. The van der Waals surface area contributed by atoms with Crippen LogP contribution in [-0.2, 0) is 0 Å². The lowest BCUT2D eigenvalue weighted by Crippen LogP contribution is -2.11. The molecule has 1 atom stereocenters. The summed E-state index contributed by atoms with van der Waals surface area (Å²) in [7, 11) is -0.436. The minimum Gasteiger partial charge on any atom is -0.0622 e. The van der Waals surface area contributed by atoms with E-state index in [1.165, 1.54) is 27.3 Å². The molecule has 0 amide bonds. The van der Waals surface area contributed by atoms with E-state index >= 15 is 0 Å². The molecule has 0 radical (unpaired) electrons. The molecule has 0 aliphatic carbocycles. The van der Waals surface area contributed by atoms with Gasteiger partial charge in [0.1, 0.15) is 0 Å². The first kappa shape index (κ1) is 12.6. The highest BCUT2D eigenvalue weighted by atomic mass is 31.1. The van der Waals surface area contributed by atoms with Crippen LogP contribution in [0.4, 0.5) is 0 Å². The van der Waals surface area contributed by atoms with Crippen molar-refractivity contribution in [2.75, 3.05) is 0 Å². The van der Waals surface area contributed by atoms with Crippen molar-refractivity contribution in [2.45, 2.75) is 0 Å². The van der Waals surface area contributed by atoms with Crippen LogP contribution in [0.15, 0.2) is 84.7 Å². The molecule has 0 saturated heterocycles. The van der Waals surface area contributed by atoms with Crippen LogP contribution < -0.4 is 10.6 Å². The Balaban J connectivity index is 1.98. The van der Waals surface area contributed by atoms with Gasteiger partial charge in [0.2, 0.25) is 0 Å². The van der Waals surface area contributed by atoms with Crippen molar-refractivity contribution in [3.05, 3.63) is 90.2 Å². The summed E-state index contributed by atoms with van der Waals surface area (Å²) in [6.07, 6.45) is 2.29. The van der Waals surface area contributed by atoms with Crippen LogP contribution in [-0.4, -0.2) is 0 Å². The lowest BCUT2D eigenvalue weighted by atomic mass is 10.00. The molecule has 4 rings (SSSR count). The van der Waals surface area contributed by atoms with Gasteiger partial charge in [0.15, 0.2) is 0 Å². The molecule has 100 valence electrons. The van der Waals surface area contributed by atoms with Gasteiger partial charge < -0.3 is 0 Å². The molecule has 0 spiro atoms. The quantitative estimate of drug-likeness (QED) is 0.565. The minimum atomic E-state index is -0.436. The van der Waals surface area contributed by atoms with Gasteiger partial charge in [0.25, 0.3) is 0 Å². The largest absolute Gasteiger partial charge is 0.0622 e. The summed E-state index contributed by atoms with van der Waals surface area (Å²) < 4.78 is 0. The van der Waals surface area contributed by atoms with Crippen LogP contribution in [0.2, 0.25) is 0 Å². The van der Waals surface area contributed by atoms with Crippen molar-refractivity contribution < 1.29 is 0 Å². The lowest BCUT2D eigenvalue weighted by Gasteiger charge is -2.17. The average molecular weight is 286 g/mol. The molecule has 1 heterocycles. The Bertz CT molecular complexity index is 803. The number of fused-ring (bicyclic) bond motifs is 3. The smallest absolute Gasteiger partial charge is 0.00778 e. The zero-order valence-electron chi connectivity index (χ0n) is 11.6. The molecule has 1 heteroatoms. The third-order valence-corrected chi connectivity index (χ3v) is 6.06. The number of hydrogen-bond acceptors (Lipinski definition) is 0. The molecular formula is C20H15P. The van der Waals surface area contributed by atoms with Crippen LogP contribution in [0.3, 0.4) is 0 Å². The average Bonchev–Trinajstić information content (AvgIpc) is 2.73. The van der Waals surface area contributed by atoms with E-state index in [9.17, 15) is 0 Å². The predicted octanol–water partition coefficient (Wildman–Crippen LogP) is 4.77. The van der Waals surface area contributed by atoms with E-state index in [2.05, 4.69) is 90.8 Å². The Morgan fingerprint density at radius 2 is 1.24 bits per heavy atom. The third kappa shape index (κ3) is 2.22. The fourth-order valence-electron chi connectivity index (χ4n) is 2.85. The monoisotopic (exact) mass is 286 g/mol. The van der Waals surface area contributed by atoms with Crippen molar-refractivity contribution in [2.24, 2.45) is 0 Å². The van der Waals surface area contributed by atoms with E-state index in [-0.39, 0.29) is 0 Å². The zero-order valence-corrected chi connectivity index (χ0v) is 12.5. The van der Waals surface area contributed by atoms with Gasteiger partial charge in [0, 0.05) is 0 Å². The molecule has 0 aromatic heterocycles. The fourth-order valence-corrected chi connectivity index (χ4v) is 4.96. The molecule has 0 N–H and O–H groups in total. The van der Waals surface area contributed by atoms with E-state index in [0.717, 1.165) is 0 Å². The molecule has 0 nitrogen and oxygen atoms in total. The fraction of sp³-hybridized carbons (Fsp3) is 0. The summed E-state index contributed by atoms with van der Waals surface area (Å²) in [5.74, 6) is 2.38. The summed E-state index contributed by atoms with van der Waals surface area (Å²) in [6.45, 7) is 0. The second-order valence-electron chi connectivity index (χ2n) is 5.13. The highest BCUT2D eigenvalue weighted by Crippen LogP contribution is 2.43. The predicted molar refractivity (Wildman–Crippen MR) is 93.5 cm³/mol. The molecule has 21 heavy (non-hydrogen) atoms. The van der Waals surface area contributed by atoms with Crippen LogP contribution >= 0.6 is 7.92 Å². The molecule has 3 aromatic carbocycles. The maximum Gasteiger partial charge on any atom is -0.00778 e. The maximum atomic E-state index is 2.38. The summed E-state index contributed by atoms with van der Waals surface area (Å²) in [6, 6.07) is 28.3. The van der Waals surface area contributed by atoms with E-state index in [1.807, 2.05) is 0 Å². The maximum absolute atomic E-state index is 2.38. The highest BCUT2D eigenvalue weighted by Gasteiger charge is 2.18. The molecule has 0 bridgehead atoms. The van der Waals surface area contributed by atoms with Gasteiger partial charge in [-0.1, -0.05) is 90.8 Å². The van der Waals surface area contributed by atoms with Crippen molar-refractivity contribution in [1.82, 2.24) is 0 Å². The van der Waals surface area contributed by atoms with Gasteiger partial charge in [-0.25, -0.2) is 0 Å². The Morgan fingerprint density at radius 1 is 0.571 bits per heavy atom. The Hall–Kier alpha value is -2.17. The molecular weight excluding hydrogens is 271 g/mol. The molecule has 1 aliphatic rings. The Kier molecular flexibility index (Phi) is 3.18. The Labute approximate surface area is 126 Å². The summed E-state index contributed by atoms with van der Waals surface area (Å²) in [4.78, 5) is 0. The first-order valence-corrected chi connectivity index (χ1v) is 8.55. The van der Waals surface area contributed by atoms with Crippen molar-refractivity contribution in [1.29, 1.82) is 0 Å². The molecule has 0 fully saturated rings. The Morgan fingerprint density at radius 3 is 2.10 bits per heavy atom. The first-order valence-electron chi connectivity index (χ1n) is 7.14. The normalized spacial score (nSPS) is 15.9. The van der Waals surface area contributed by atoms with Gasteiger partial charge in [-0.3, -0.25) is 0 Å². The summed E-state index contributed by atoms with van der Waals surface area (Å²) in [5.41, 5.74) is 4.02. The van der Waals surface area contributed by atoms with Gasteiger partial charge in [-0.15, -0.1) is 0 Å². The number of hydrogen-bond donors (Lipinski definition) is 0. The van der Waals surface area contributed by atoms with Crippen molar-refractivity contribution in [3.8, 4) is 11.1 Å². The highest BCUT2D eigenvalue weighted by molar-refractivity contribution is 7.76. The van der Waals surface area contributed by atoms with Crippen molar-refractivity contribution >= 4 is 24.6 Å². The van der Waals surface area contributed by atoms with Crippen LogP contribution in [0.25, 0.3) is 17.2 Å². The van der Waals surface area contributed by atoms with Gasteiger partial charge in [0.05, 0.1) is 0 Å². The topological polar surface area (TPSA) is 0 Å². The molecule has 1 unspecified atom stereocenters. The first-order chi connectivity index (χ1) is 10.4. The van der Waals surface area contributed by atoms with Crippen LogP contribution in [0.5, 0.6) is 0 Å². The van der Waals surface area contributed by atoms with Gasteiger partial charge in [-0.05, 0) is 35.2 Å². The molecule has 3 aromatic rings. The standard InChI is InChI=1S/C20H15P/c1-2-9-17(10-3-1)21-15-14-16-8-4-5-11-18(16)19-12-6-7-13-20(19)21/h1-15H. The summed E-state index contributed by atoms with van der Waals surface area (Å²) in [5, 5.41) is 2.85. The summed E-state index contributed by atoms with van der Waals surface area (Å²) >= 11 is 0. The molecule has 1 aliphatic heterocycles. The second kappa shape index (κ2) is 5.31. The van der Waals surface area contributed by atoms with E-state index < -0.39 is 7.92 Å². The molecule has 0 saturated carbocycles. The van der Waals surface area contributed by atoms with E-state index in [1.54, 1.807) is 0 Å². The minimum absolute atomic E-state index is 0.436. The second-order valence-corrected chi connectivity index (χ2v) is 7.16. The van der Waals surface area contributed by atoms with Gasteiger partial charge in [-0.2, -0.15) is 0 Å².